The van der Waals surface area contributed by atoms with Crippen LogP contribution in [0.2, 0.25) is 0 Å². The van der Waals surface area contributed by atoms with Gasteiger partial charge in [0, 0.05) is 29.8 Å². The van der Waals surface area contributed by atoms with Crippen molar-refractivity contribution in [1.29, 1.82) is 0 Å². The number of hydrogen-bond donors (Lipinski definition) is 1. The van der Waals surface area contributed by atoms with Gasteiger partial charge in [0.2, 0.25) is 5.13 Å². The molecule has 0 amide bonds. The quantitative estimate of drug-likeness (QED) is 0.778. The summed E-state index contributed by atoms with van der Waals surface area (Å²) in [6.07, 6.45) is 3.80. The minimum Gasteiger partial charge on any atom is -0.328 e. The third-order valence-corrected chi connectivity index (χ3v) is 3.53. The first-order valence-electron chi connectivity index (χ1n) is 6.89. The first-order valence-corrected chi connectivity index (χ1v) is 7.66. The molecule has 2 heterocycles. The van der Waals surface area contributed by atoms with Gasteiger partial charge in [0.1, 0.15) is 0 Å². The Morgan fingerprint density at radius 1 is 1.24 bits per heavy atom. The minimum absolute atomic E-state index is 0.573. The second-order valence-electron chi connectivity index (χ2n) is 5.26. The minimum atomic E-state index is 0.573. The lowest BCUT2D eigenvalue weighted by atomic mass is 10.2. The highest BCUT2D eigenvalue weighted by molar-refractivity contribution is 7.09. The molecule has 0 spiro atoms. The third kappa shape index (κ3) is 3.46. The van der Waals surface area contributed by atoms with Gasteiger partial charge in [-0.3, -0.25) is 4.68 Å². The van der Waals surface area contributed by atoms with E-state index in [1.165, 1.54) is 11.5 Å². The molecule has 1 N–H and O–H groups in total. The van der Waals surface area contributed by atoms with Crippen LogP contribution in [0, 0.1) is 5.92 Å². The van der Waals surface area contributed by atoms with Gasteiger partial charge in [-0.05, 0) is 5.92 Å². The zero-order valence-electron chi connectivity index (χ0n) is 12.0. The molecule has 3 aromatic rings. The maximum atomic E-state index is 4.51. The third-order valence-electron chi connectivity index (χ3n) is 2.89. The van der Waals surface area contributed by atoms with Gasteiger partial charge in [0.15, 0.2) is 5.82 Å². The highest BCUT2D eigenvalue weighted by Crippen LogP contribution is 2.23. The summed E-state index contributed by atoms with van der Waals surface area (Å²) >= 11 is 1.35. The van der Waals surface area contributed by atoms with Crippen LogP contribution in [-0.4, -0.2) is 19.1 Å². The van der Waals surface area contributed by atoms with Crippen LogP contribution < -0.4 is 5.32 Å². The summed E-state index contributed by atoms with van der Waals surface area (Å²) < 4.78 is 6.32. The molecule has 21 heavy (non-hydrogen) atoms. The van der Waals surface area contributed by atoms with Crippen LogP contribution in [0.25, 0.3) is 11.4 Å². The van der Waals surface area contributed by atoms with E-state index in [2.05, 4.69) is 33.6 Å². The van der Waals surface area contributed by atoms with Crippen molar-refractivity contribution in [2.75, 3.05) is 5.32 Å². The van der Waals surface area contributed by atoms with E-state index >= 15 is 0 Å². The van der Waals surface area contributed by atoms with Crippen LogP contribution in [0.1, 0.15) is 13.8 Å². The fourth-order valence-corrected chi connectivity index (χ4v) is 2.61. The normalized spacial score (nSPS) is 11.0. The van der Waals surface area contributed by atoms with Crippen LogP contribution in [-0.2, 0) is 6.54 Å². The molecule has 5 nitrogen and oxygen atoms in total. The monoisotopic (exact) mass is 299 g/mol. The van der Waals surface area contributed by atoms with Crippen LogP contribution >= 0.6 is 11.5 Å². The Balaban J connectivity index is 1.71. The summed E-state index contributed by atoms with van der Waals surface area (Å²) in [5, 5.41) is 8.35. The fourth-order valence-electron chi connectivity index (χ4n) is 2.00. The second kappa shape index (κ2) is 6.05. The fraction of sp³-hybridized carbons (Fsp3) is 0.267. The summed E-state index contributed by atoms with van der Waals surface area (Å²) in [4.78, 5) is 4.51. The Hall–Kier alpha value is -2.21. The maximum Gasteiger partial charge on any atom is 0.207 e. The van der Waals surface area contributed by atoms with Gasteiger partial charge in [-0.25, -0.2) is 0 Å². The standard InChI is InChI=1S/C15H17N5S/c1-11(2)9-20-10-13(8-16-20)17-15-18-14(19-21-15)12-6-4-3-5-7-12/h3-8,10-11H,9H2,1-2H3,(H,17,18,19). The van der Waals surface area contributed by atoms with Crippen molar-refractivity contribution in [3.05, 3.63) is 42.7 Å². The number of rotatable bonds is 5. The van der Waals surface area contributed by atoms with Gasteiger partial charge in [-0.1, -0.05) is 44.2 Å². The molecule has 0 atom stereocenters. The van der Waals surface area contributed by atoms with Crippen molar-refractivity contribution in [1.82, 2.24) is 19.1 Å². The predicted octanol–water partition coefficient (Wildman–Crippen LogP) is 3.80. The van der Waals surface area contributed by atoms with Crippen molar-refractivity contribution in [3.8, 4) is 11.4 Å². The van der Waals surface area contributed by atoms with Crippen LogP contribution in [0.15, 0.2) is 42.7 Å². The molecule has 0 bridgehead atoms. The summed E-state index contributed by atoms with van der Waals surface area (Å²) in [5.74, 6) is 1.32. The molecular formula is C15H17N5S. The number of nitrogens with zero attached hydrogens (tertiary/aromatic N) is 4. The molecule has 6 heteroatoms. The Morgan fingerprint density at radius 3 is 2.81 bits per heavy atom. The molecule has 3 rings (SSSR count). The van der Waals surface area contributed by atoms with Gasteiger partial charge in [0.05, 0.1) is 11.9 Å². The second-order valence-corrected chi connectivity index (χ2v) is 6.01. The molecule has 0 saturated carbocycles. The van der Waals surface area contributed by atoms with E-state index in [0.717, 1.165) is 28.8 Å². The largest absolute Gasteiger partial charge is 0.328 e. The van der Waals surface area contributed by atoms with Crippen LogP contribution in [0.5, 0.6) is 0 Å². The average Bonchev–Trinajstić information content (AvgIpc) is 3.09. The van der Waals surface area contributed by atoms with Gasteiger partial charge in [-0.15, -0.1) is 0 Å². The Kier molecular flexibility index (Phi) is 3.96. The van der Waals surface area contributed by atoms with E-state index in [0.29, 0.717) is 5.92 Å². The van der Waals surface area contributed by atoms with E-state index in [4.69, 9.17) is 0 Å². The van der Waals surface area contributed by atoms with E-state index in [1.54, 1.807) is 0 Å². The molecule has 0 aliphatic heterocycles. The zero-order valence-corrected chi connectivity index (χ0v) is 12.8. The number of aromatic nitrogens is 4. The van der Waals surface area contributed by atoms with E-state index < -0.39 is 0 Å². The van der Waals surface area contributed by atoms with E-state index in [1.807, 2.05) is 47.4 Å². The highest BCUT2D eigenvalue weighted by atomic mass is 32.1. The van der Waals surface area contributed by atoms with Crippen molar-refractivity contribution in [2.24, 2.45) is 5.92 Å². The van der Waals surface area contributed by atoms with Gasteiger partial charge in [-0.2, -0.15) is 14.5 Å². The lowest BCUT2D eigenvalue weighted by Crippen LogP contribution is -2.04. The first kappa shape index (κ1) is 13.8. The molecule has 0 radical (unpaired) electrons. The lowest BCUT2D eigenvalue weighted by molar-refractivity contribution is 0.483. The van der Waals surface area contributed by atoms with Crippen LogP contribution in [0.4, 0.5) is 10.8 Å². The Bertz CT molecular complexity index is 702. The van der Waals surface area contributed by atoms with Crippen molar-refractivity contribution in [3.63, 3.8) is 0 Å². The summed E-state index contributed by atoms with van der Waals surface area (Å²) in [6, 6.07) is 9.97. The number of anilines is 2. The molecule has 0 aliphatic rings. The average molecular weight is 299 g/mol. The van der Waals surface area contributed by atoms with E-state index in [9.17, 15) is 0 Å². The van der Waals surface area contributed by atoms with Crippen molar-refractivity contribution >= 4 is 22.4 Å². The smallest absolute Gasteiger partial charge is 0.207 e. The molecule has 0 saturated heterocycles. The Labute approximate surface area is 127 Å². The van der Waals surface area contributed by atoms with Crippen molar-refractivity contribution in [2.45, 2.75) is 20.4 Å². The van der Waals surface area contributed by atoms with E-state index in [-0.39, 0.29) is 0 Å². The van der Waals surface area contributed by atoms with Gasteiger partial charge in [0.25, 0.3) is 0 Å². The SMILES string of the molecule is CC(C)Cn1cc(Nc2nc(-c3ccccc3)ns2)cn1. The molecule has 0 unspecified atom stereocenters. The van der Waals surface area contributed by atoms with Crippen molar-refractivity contribution < 1.29 is 0 Å². The molecule has 108 valence electrons. The van der Waals surface area contributed by atoms with Gasteiger partial charge < -0.3 is 5.32 Å². The number of hydrogen-bond acceptors (Lipinski definition) is 5. The highest BCUT2D eigenvalue weighted by Gasteiger charge is 2.07. The predicted molar refractivity (Wildman–Crippen MR) is 85.7 cm³/mol. The molecule has 2 aromatic heterocycles. The maximum absolute atomic E-state index is 4.51. The van der Waals surface area contributed by atoms with Crippen LogP contribution in [0.3, 0.4) is 0 Å². The summed E-state index contributed by atoms with van der Waals surface area (Å²) in [6.45, 7) is 5.25. The van der Waals surface area contributed by atoms with Gasteiger partial charge >= 0.3 is 0 Å². The number of nitrogens with one attached hydrogen (secondary N) is 1. The lowest BCUT2D eigenvalue weighted by Gasteiger charge is -2.03. The first-order chi connectivity index (χ1) is 10.2. The topological polar surface area (TPSA) is 55.6 Å². The number of benzene rings is 1. The molecule has 1 aromatic carbocycles. The molecular weight excluding hydrogens is 282 g/mol. The molecule has 0 fully saturated rings. The zero-order chi connectivity index (χ0) is 14.7. The summed E-state index contributed by atoms with van der Waals surface area (Å²) in [5.41, 5.74) is 1.96. The summed E-state index contributed by atoms with van der Waals surface area (Å²) in [7, 11) is 0. The Morgan fingerprint density at radius 2 is 2.05 bits per heavy atom. The molecule has 0 aliphatic carbocycles.